The summed E-state index contributed by atoms with van der Waals surface area (Å²) in [5.41, 5.74) is 1.87. The summed E-state index contributed by atoms with van der Waals surface area (Å²) in [7, 11) is -1.19. The average molecular weight is 439 g/mol. The predicted octanol–water partition coefficient (Wildman–Crippen LogP) is 5.01. The van der Waals surface area contributed by atoms with Gasteiger partial charge in [0.15, 0.2) is 24.0 Å². The van der Waals surface area contributed by atoms with Crippen LogP contribution in [0.4, 0.5) is 8.78 Å². The first-order valence-electron chi connectivity index (χ1n) is 10.4. The number of aldehydes is 1. The molecule has 0 amide bonds. The van der Waals surface area contributed by atoms with Gasteiger partial charge in [-0.1, -0.05) is 33.0 Å². The van der Waals surface area contributed by atoms with Gasteiger partial charge in [-0.2, -0.15) is 5.10 Å². The van der Waals surface area contributed by atoms with E-state index in [0.29, 0.717) is 19.6 Å². The predicted molar refractivity (Wildman–Crippen MR) is 115 cm³/mol. The van der Waals surface area contributed by atoms with Gasteiger partial charge in [-0.05, 0) is 36.6 Å². The minimum Gasteiger partial charge on any atom is -0.479 e. The summed E-state index contributed by atoms with van der Waals surface area (Å²) in [5, 5.41) is 4.43. The van der Waals surface area contributed by atoms with Crippen molar-refractivity contribution in [1.82, 2.24) is 9.78 Å². The second kappa shape index (κ2) is 11.4. The van der Waals surface area contributed by atoms with Crippen molar-refractivity contribution in [3.8, 4) is 5.75 Å². The molecule has 2 rings (SSSR count). The van der Waals surface area contributed by atoms with Crippen LogP contribution in [0, 0.1) is 11.6 Å². The van der Waals surface area contributed by atoms with Gasteiger partial charge in [-0.3, -0.25) is 4.79 Å². The average Bonchev–Trinajstić information content (AvgIpc) is 3.05. The highest BCUT2D eigenvalue weighted by Crippen LogP contribution is 2.21. The van der Waals surface area contributed by atoms with Crippen molar-refractivity contribution in [2.24, 2.45) is 0 Å². The summed E-state index contributed by atoms with van der Waals surface area (Å²) in [4.78, 5) is 11.6. The number of rotatable bonds is 13. The van der Waals surface area contributed by atoms with Crippen LogP contribution in [0.25, 0.3) is 0 Å². The molecule has 1 aromatic heterocycles. The normalized spacial score (nSPS) is 12.7. The van der Waals surface area contributed by atoms with Crippen LogP contribution in [0.2, 0.25) is 25.7 Å². The topological polar surface area (TPSA) is 53.4 Å². The van der Waals surface area contributed by atoms with Crippen molar-refractivity contribution in [2.45, 2.75) is 71.1 Å². The summed E-state index contributed by atoms with van der Waals surface area (Å²) in [6.07, 6.45) is 4.61. The fourth-order valence-corrected chi connectivity index (χ4v) is 3.70. The first-order chi connectivity index (χ1) is 14.2. The maximum Gasteiger partial charge on any atom is 0.168 e. The Morgan fingerprint density at radius 1 is 1.27 bits per heavy atom. The molecule has 0 aliphatic rings. The number of aryl methyl sites for hydroxylation is 1. The third kappa shape index (κ3) is 7.64. The van der Waals surface area contributed by atoms with Crippen LogP contribution < -0.4 is 4.74 Å². The lowest BCUT2D eigenvalue weighted by Crippen LogP contribution is -2.25. The van der Waals surface area contributed by atoms with Crippen molar-refractivity contribution in [2.75, 3.05) is 6.61 Å². The molecule has 166 valence electrons. The van der Waals surface area contributed by atoms with E-state index in [4.69, 9.17) is 9.47 Å². The lowest BCUT2D eigenvalue weighted by atomic mass is 10.1. The van der Waals surface area contributed by atoms with E-state index >= 15 is 0 Å². The number of carbonyl (C=O) groups excluding carboxylic acids is 1. The highest BCUT2D eigenvalue weighted by molar-refractivity contribution is 6.76. The second-order valence-electron chi connectivity index (χ2n) is 8.64. The number of hydrogen-bond donors (Lipinski definition) is 0. The Hall–Kier alpha value is -2.06. The van der Waals surface area contributed by atoms with Gasteiger partial charge in [0.05, 0.1) is 6.20 Å². The Morgan fingerprint density at radius 2 is 2.03 bits per heavy atom. The van der Waals surface area contributed by atoms with Gasteiger partial charge in [0.2, 0.25) is 0 Å². The molecule has 5 nitrogen and oxygen atoms in total. The fourth-order valence-electron chi connectivity index (χ4n) is 2.94. The van der Waals surface area contributed by atoms with Crippen LogP contribution >= 0.6 is 0 Å². The summed E-state index contributed by atoms with van der Waals surface area (Å²) >= 11 is 0. The number of benzene rings is 1. The Bertz CT molecular complexity index is 821. The third-order valence-electron chi connectivity index (χ3n) is 4.76. The molecule has 8 heteroatoms. The van der Waals surface area contributed by atoms with E-state index in [1.165, 1.54) is 6.07 Å². The smallest absolute Gasteiger partial charge is 0.168 e. The molecule has 0 saturated heterocycles. The van der Waals surface area contributed by atoms with Crippen molar-refractivity contribution < 1.29 is 23.0 Å². The van der Waals surface area contributed by atoms with Gasteiger partial charge in [0, 0.05) is 32.9 Å². The molecule has 1 atom stereocenters. The molecule has 0 bridgehead atoms. The zero-order chi connectivity index (χ0) is 22.1. The van der Waals surface area contributed by atoms with E-state index in [0.717, 1.165) is 48.7 Å². The van der Waals surface area contributed by atoms with Crippen molar-refractivity contribution in [3.63, 3.8) is 0 Å². The molecule has 0 radical (unpaired) electrons. The van der Waals surface area contributed by atoms with E-state index in [1.807, 2.05) is 0 Å². The SMILES string of the molecule is CCCCc1cnn(COCC[Si](C)(C)C)c1C[C@H](C=O)Oc1ccc(F)cc1F. The first-order valence-corrected chi connectivity index (χ1v) is 14.1. The number of nitrogens with zero attached hydrogens (tertiary/aromatic N) is 2. The Kier molecular flexibility index (Phi) is 9.17. The molecular formula is C22H32F2N2O3Si. The van der Waals surface area contributed by atoms with Gasteiger partial charge >= 0.3 is 0 Å². The van der Waals surface area contributed by atoms with Gasteiger partial charge in [0.25, 0.3) is 0 Å². The van der Waals surface area contributed by atoms with Gasteiger partial charge in [-0.15, -0.1) is 0 Å². The quantitative estimate of drug-likeness (QED) is 0.251. The van der Waals surface area contributed by atoms with Crippen LogP contribution in [0.15, 0.2) is 24.4 Å². The molecule has 30 heavy (non-hydrogen) atoms. The molecule has 0 saturated carbocycles. The van der Waals surface area contributed by atoms with E-state index in [9.17, 15) is 13.6 Å². The van der Waals surface area contributed by atoms with Crippen LogP contribution in [-0.2, 0) is 29.1 Å². The molecule has 0 N–H and O–H groups in total. The van der Waals surface area contributed by atoms with Crippen LogP contribution in [0.3, 0.4) is 0 Å². The molecule has 1 heterocycles. The van der Waals surface area contributed by atoms with E-state index in [-0.39, 0.29) is 12.2 Å². The van der Waals surface area contributed by atoms with Gasteiger partial charge in [0.1, 0.15) is 12.5 Å². The number of carbonyl (C=O) groups is 1. The molecule has 0 aliphatic carbocycles. The van der Waals surface area contributed by atoms with Crippen LogP contribution in [0.5, 0.6) is 5.75 Å². The Morgan fingerprint density at radius 3 is 2.67 bits per heavy atom. The lowest BCUT2D eigenvalue weighted by molar-refractivity contribution is -0.113. The molecule has 2 aromatic rings. The highest BCUT2D eigenvalue weighted by Gasteiger charge is 2.20. The van der Waals surface area contributed by atoms with Gasteiger partial charge in [-0.25, -0.2) is 13.5 Å². The highest BCUT2D eigenvalue weighted by atomic mass is 28.3. The summed E-state index contributed by atoms with van der Waals surface area (Å²) < 4.78 is 40.2. The van der Waals surface area contributed by atoms with Crippen molar-refractivity contribution in [3.05, 3.63) is 47.3 Å². The minimum atomic E-state index is -1.19. The largest absolute Gasteiger partial charge is 0.479 e. The number of unbranched alkanes of at least 4 members (excludes halogenated alkanes) is 1. The minimum absolute atomic E-state index is 0.152. The third-order valence-corrected chi connectivity index (χ3v) is 6.47. The van der Waals surface area contributed by atoms with E-state index < -0.39 is 25.8 Å². The standard InChI is InChI=1S/C22H32F2N2O3Si/c1-5-6-7-17-14-25-26(16-28-10-11-30(2,3)4)21(17)13-19(15-27)29-22-9-8-18(23)12-20(22)24/h8-9,12,14-15,19H,5-7,10-11,13,16H2,1-4H3/t19-/m1/s1. The van der Waals surface area contributed by atoms with Crippen molar-refractivity contribution in [1.29, 1.82) is 0 Å². The number of ether oxygens (including phenoxy) is 2. The van der Waals surface area contributed by atoms with Crippen molar-refractivity contribution >= 4 is 14.4 Å². The first kappa shape index (κ1) is 24.2. The monoisotopic (exact) mass is 438 g/mol. The van der Waals surface area contributed by atoms with E-state index in [1.54, 1.807) is 10.9 Å². The fraction of sp³-hybridized carbons (Fsp3) is 0.545. The molecule has 1 aromatic carbocycles. The van der Waals surface area contributed by atoms with E-state index in [2.05, 4.69) is 31.7 Å². The molecule has 0 fully saturated rings. The van der Waals surface area contributed by atoms with Crippen LogP contribution in [-0.4, -0.2) is 36.9 Å². The van der Waals surface area contributed by atoms with Crippen LogP contribution in [0.1, 0.15) is 31.0 Å². The summed E-state index contributed by atoms with van der Waals surface area (Å²) in [5.74, 6) is -1.68. The lowest BCUT2D eigenvalue weighted by Gasteiger charge is -2.18. The molecular weight excluding hydrogens is 406 g/mol. The second-order valence-corrected chi connectivity index (χ2v) is 14.3. The molecule has 0 aliphatic heterocycles. The van der Waals surface area contributed by atoms with Gasteiger partial charge < -0.3 is 9.47 Å². The number of aromatic nitrogens is 2. The molecule has 0 spiro atoms. The maximum absolute atomic E-state index is 13.9. The summed E-state index contributed by atoms with van der Waals surface area (Å²) in [6.45, 7) is 9.94. The summed E-state index contributed by atoms with van der Waals surface area (Å²) in [6, 6.07) is 4.08. The zero-order valence-electron chi connectivity index (χ0n) is 18.3. The Balaban J connectivity index is 2.12. The Labute approximate surface area is 178 Å². The maximum atomic E-state index is 13.9. The molecule has 0 unspecified atom stereocenters. The number of hydrogen-bond acceptors (Lipinski definition) is 4. The zero-order valence-corrected chi connectivity index (χ0v) is 19.3. The number of halogens is 2.